The average molecular weight is 226 g/mol. The molecular formula is C11H16ClN3. The van der Waals surface area contributed by atoms with E-state index in [9.17, 15) is 0 Å². The summed E-state index contributed by atoms with van der Waals surface area (Å²) < 4.78 is 0. The van der Waals surface area contributed by atoms with E-state index in [-0.39, 0.29) is 0 Å². The highest BCUT2D eigenvalue weighted by Gasteiger charge is 2.23. The first-order valence-corrected chi connectivity index (χ1v) is 5.77. The molecule has 3 nitrogen and oxygen atoms in total. The topological polar surface area (TPSA) is 29.0 Å². The van der Waals surface area contributed by atoms with Gasteiger partial charge < -0.3 is 4.90 Å². The smallest absolute Gasteiger partial charge is 0.134 e. The predicted octanol–water partition coefficient (Wildman–Crippen LogP) is 2.61. The molecule has 2 unspecified atom stereocenters. The zero-order valence-electron chi connectivity index (χ0n) is 9.15. The van der Waals surface area contributed by atoms with Crippen LogP contribution in [0, 0.1) is 11.8 Å². The van der Waals surface area contributed by atoms with Crippen LogP contribution in [0.15, 0.2) is 12.4 Å². The third kappa shape index (κ3) is 2.40. The summed E-state index contributed by atoms with van der Waals surface area (Å²) in [7, 11) is 0. The molecule has 2 rings (SSSR count). The third-order valence-corrected chi connectivity index (χ3v) is 3.48. The first kappa shape index (κ1) is 10.7. The van der Waals surface area contributed by atoms with Crippen LogP contribution < -0.4 is 4.90 Å². The van der Waals surface area contributed by atoms with Crippen molar-refractivity contribution in [2.24, 2.45) is 11.8 Å². The molecule has 1 aliphatic heterocycles. The normalized spacial score (nSPS) is 26.7. The van der Waals surface area contributed by atoms with Crippen LogP contribution >= 0.6 is 11.6 Å². The number of rotatable bonds is 1. The second kappa shape index (κ2) is 4.35. The van der Waals surface area contributed by atoms with Crippen LogP contribution in [0.4, 0.5) is 5.82 Å². The van der Waals surface area contributed by atoms with E-state index in [1.54, 1.807) is 0 Å². The van der Waals surface area contributed by atoms with E-state index < -0.39 is 0 Å². The molecule has 2 atom stereocenters. The minimum absolute atomic E-state index is 0.520. The van der Waals surface area contributed by atoms with Gasteiger partial charge in [-0.15, -0.1) is 0 Å². The maximum Gasteiger partial charge on any atom is 0.134 e. The van der Waals surface area contributed by atoms with Crippen molar-refractivity contribution in [3.8, 4) is 0 Å². The number of aromatic nitrogens is 2. The van der Waals surface area contributed by atoms with Gasteiger partial charge in [0, 0.05) is 19.2 Å². The Morgan fingerprint density at radius 2 is 2.13 bits per heavy atom. The van der Waals surface area contributed by atoms with Gasteiger partial charge in [0.25, 0.3) is 0 Å². The number of hydrogen-bond acceptors (Lipinski definition) is 3. The monoisotopic (exact) mass is 225 g/mol. The van der Waals surface area contributed by atoms with E-state index >= 15 is 0 Å². The minimum Gasteiger partial charge on any atom is -0.356 e. The Hall–Kier alpha value is -0.830. The van der Waals surface area contributed by atoms with Crippen molar-refractivity contribution in [2.45, 2.75) is 20.3 Å². The van der Waals surface area contributed by atoms with Crippen molar-refractivity contribution in [1.82, 2.24) is 9.97 Å². The van der Waals surface area contributed by atoms with E-state index in [2.05, 4.69) is 28.7 Å². The summed E-state index contributed by atoms with van der Waals surface area (Å²) in [6, 6.07) is 1.84. The van der Waals surface area contributed by atoms with Crippen molar-refractivity contribution in [3.05, 3.63) is 17.5 Å². The summed E-state index contributed by atoms with van der Waals surface area (Å²) in [5.41, 5.74) is 0. The number of hydrogen-bond donors (Lipinski definition) is 0. The Morgan fingerprint density at radius 1 is 1.33 bits per heavy atom. The molecule has 0 aromatic carbocycles. The second-order valence-corrected chi connectivity index (χ2v) is 4.78. The summed E-state index contributed by atoms with van der Waals surface area (Å²) in [6.07, 6.45) is 2.75. The molecule has 0 spiro atoms. The number of nitrogens with zero attached hydrogens (tertiary/aromatic N) is 3. The fraction of sp³-hybridized carbons (Fsp3) is 0.636. The van der Waals surface area contributed by atoms with Crippen molar-refractivity contribution >= 4 is 17.4 Å². The van der Waals surface area contributed by atoms with Crippen LogP contribution in [0.1, 0.15) is 20.3 Å². The molecule has 1 aliphatic rings. The number of piperidine rings is 1. The van der Waals surface area contributed by atoms with Gasteiger partial charge in [-0.3, -0.25) is 0 Å². The fourth-order valence-electron chi connectivity index (χ4n) is 1.97. The molecule has 1 saturated heterocycles. The van der Waals surface area contributed by atoms with Gasteiger partial charge in [0.05, 0.1) is 0 Å². The molecule has 0 amide bonds. The average Bonchev–Trinajstić information content (AvgIpc) is 2.22. The molecule has 0 radical (unpaired) electrons. The van der Waals surface area contributed by atoms with Crippen LogP contribution in [0.5, 0.6) is 0 Å². The highest BCUT2D eigenvalue weighted by Crippen LogP contribution is 2.26. The largest absolute Gasteiger partial charge is 0.356 e. The molecule has 1 aromatic rings. The third-order valence-electron chi connectivity index (χ3n) is 3.28. The Labute approximate surface area is 95.5 Å². The molecule has 1 aromatic heterocycles. The molecule has 2 heterocycles. The van der Waals surface area contributed by atoms with Gasteiger partial charge >= 0.3 is 0 Å². The van der Waals surface area contributed by atoms with E-state index in [1.165, 1.54) is 12.7 Å². The summed E-state index contributed by atoms with van der Waals surface area (Å²) in [4.78, 5) is 10.4. The Morgan fingerprint density at radius 3 is 2.80 bits per heavy atom. The summed E-state index contributed by atoms with van der Waals surface area (Å²) in [6.45, 7) is 6.74. The Bertz CT molecular complexity index is 342. The van der Waals surface area contributed by atoms with Crippen molar-refractivity contribution in [2.75, 3.05) is 18.0 Å². The number of halogens is 1. The zero-order valence-corrected chi connectivity index (χ0v) is 9.91. The van der Waals surface area contributed by atoms with Crippen molar-refractivity contribution in [3.63, 3.8) is 0 Å². The van der Waals surface area contributed by atoms with E-state index in [1.807, 2.05) is 6.07 Å². The van der Waals surface area contributed by atoms with Gasteiger partial charge in [-0.2, -0.15) is 0 Å². The molecular weight excluding hydrogens is 210 g/mol. The van der Waals surface area contributed by atoms with Crippen LogP contribution in [0.3, 0.4) is 0 Å². The SMILES string of the molecule is CC1CCN(c2cc(Cl)ncn2)CC1C. The molecule has 0 aliphatic carbocycles. The van der Waals surface area contributed by atoms with Crippen LogP contribution in [0.2, 0.25) is 5.15 Å². The summed E-state index contributed by atoms with van der Waals surface area (Å²) >= 11 is 5.85. The van der Waals surface area contributed by atoms with Gasteiger partial charge in [0.15, 0.2) is 0 Å². The van der Waals surface area contributed by atoms with Gasteiger partial charge in [-0.1, -0.05) is 25.4 Å². The van der Waals surface area contributed by atoms with E-state index in [0.717, 1.165) is 24.8 Å². The standard InChI is InChI=1S/C11H16ClN3/c1-8-3-4-15(6-9(8)2)11-5-10(12)13-7-14-11/h5,7-9H,3-4,6H2,1-2H3. The lowest BCUT2D eigenvalue weighted by Crippen LogP contribution is -2.38. The summed E-state index contributed by atoms with van der Waals surface area (Å²) in [5, 5.41) is 0.520. The Kier molecular flexibility index (Phi) is 3.10. The summed E-state index contributed by atoms with van der Waals surface area (Å²) in [5.74, 6) is 2.47. The molecule has 0 bridgehead atoms. The Balaban J connectivity index is 2.12. The van der Waals surface area contributed by atoms with E-state index in [0.29, 0.717) is 11.1 Å². The molecule has 4 heteroatoms. The van der Waals surface area contributed by atoms with Crippen LogP contribution in [-0.4, -0.2) is 23.1 Å². The van der Waals surface area contributed by atoms with Crippen LogP contribution in [-0.2, 0) is 0 Å². The maximum absolute atomic E-state index is 5.85. The van der Waals surface area contributed by atoms with Crippen molar-refractivity contribution in [1.29, 1.82) is 0 Å². The van der Waals surface area contributed by atoms with Crippen LogP contribution in [0.25, 0.3) is 0 Å². The lowest BCUT2D eigenvalue weighted by molar-refractivity contribution is 0.323. The highest BCUT2D eigenvalue weighted by atomic mass is 35.5. The lowest BCUT2D eigenvalue weighted by atomic mass is 9.89. The molecule has 82 valence electrons. The highest BCUT2D eigenvalue weighted by molar-refractivity contribution is 6.29. The quantitative estimate of drug-likeness (QED) is 0.688. The second-order valence-electron chi connectivity index (χ2n) is 4.39. The molecule has 15 heavy (non-hydrogen) atoms. The van der Waals surface area contributed by atoms with Gasteiger partial charge in [-0.25, -0.2) is 9.97 Å². The fourth-order valence-corrected chi connectivity index (χ4v) is 2.11. The van der Waals surface area contributed by atoms with Crippen molar-refractivity contribution < 1.29 is 0 Å². The van der Waals surface area contributed by atoms with E-state index in [4.69, 9.17) is 11.6 Å². The molecule has 1 fully saturated rings. The maximum atomic E-state index is 5.85. The molecule has 0 saturated carbocycles. The zero-order chi connectivity index (χ0) is 10.8. The first-order valence-electron chi connectivity index (χ1n) is 5.39. The lowest BCUT2D eigenvalue weighted by Gasteiger charge is -2.35. The predicted molar refractivity (Wildman–Crippen MR) is 62.2 cm³/mol. The number of anilines is 1. The van der Waals surface area contributed by atoms with Gasteiger partial charge in [0.2, 0.25) is 0 Å². The first-order chi connectivity index (χ1) is 7.16. The van der Waals surface area contributed by atoms with Gasteiger partial charge in [0.1, 0.15) is 17.3 Å². The minimum atomic E-state index is 0.520. The molecule has 0 N–H and O–H groups in total. The van der Waals surface area contributed by atoms with Gasteiger partial charge in [-0.05, 0) is 18.3 Å².